The number of β-amino-alcohol motifs (C(OH)–C–C–N with tert-alkyl or cyclic N) is 1. The summed E-state index contributed by atoms with van der Waals surface area (Å²) >= 11 is 3.09. The molecule has 1 aliphatic rings. The summed E-state index contributed by atoms with van der Waals surface area (Å²) in [6, 6.07) is 0. The molecular formula is C13H24N4O2S2. The maximum Gasteiger partial charge on any atom is 0.206 e. The van der Waals surface area contributed by atoms with Gasteiger partial charge in [-0.3, -0.25) is 4.90 Å². The largest absolute Gasteiger partial charge is 0.391 e. The molecule has 2 heterocycles. The van der Waals surface area contributed by atoms with E-state index < -0.39 is 0 Å². The molecule has 0 unspecified atom stereocenters. The quantitative estimate of drug-likeness (QED) is 0.734. The lowest BCUT2D eigenvalue weighted by molar-refractivity contribution is -0.0750. The van der Waals surface area contributed by atoms with Crippen LogP contribution in [-0.4, -0.2) is 70.4 Å². The lowest BCUT2D eigenvalue weighted by atomic mass is 10.2. The second-order valence-electron chi connectivity index (χ2n) is 5.34. The number of nitrogens with zero attached hydrogens (tertiary/aromatic N) is 3. The maximum atomic E-state index is 10.2. The monoisotopic (exact) mass is 332 g/mol. The Balaban J connectivity index is 1.72. The molecule has 1 saturated heterocycles. The van der Waals surface area contributed by atoms with Crippen LogP contribution in [0, 0.1) is 0 Å². The highest BCUT2D eigenvalue weighted by Crippen LogP contribution is 2.26. The van der Waals surface area contributed by atoms with Gasteiger partial charge in [-0.25, -0.2) is 0 Å². The van der Waals surface area contributed by atoms with Crippen LogP contribution in [0.15, 0.2) is 4.34 Å². The molecule has 1 aliphatic heterocycles. The molecule has 8 heteroatoms. The summed E-state index contributed by atoms with van der Waals surface area (Å²) in [5.74, 6) is 0.640. The smallest absolute Gasteiger partial charge is 0.206 e. The van der Waals surface area contributed by atoms with Crippen LogP contribution < -0.4 is 5.32 Å². The topological polar surface area (TPSA) is 70.5 Å². The van der Waals surface area contributed by atoms with Gasteiger partial charge in [0, 0.05) is 31.9 Å². The molecule has 1 aromatic heterocycles. The minimum absolute atomic E-state index is 0.236. The van der Waals surface area contributed by atoms with Crippen LogP contribution in [-0.2, 0) is 4.74 Å². The molecule has 0 saturated carbocycles. The molecule has 120 valence electrons. The number of aliphatic hydroxyl groups excluding tert-OH is 1. The van der Waals surface area contributed by atoms with Crippen LogP contribution >= 0.6 is 23.1 Å². The molecule has 1 aromatic rings. The van der Waals surface area contributed by atoms with E-state index >= 15 is 0 Å². The van der Waals surface area contributed by atoms with Gasteiger partial charge in [-0.1, -0.05) is 23.1 Å². The van der Waals surface area contributed by atoms with Crippen molar-refractivity contribution in [2.45, 2.75) is 43.4 Å². The molecule has 0 bridgehead atoms. The van der Waals surface area contributed by atoms with E-state index in [9.17, 15) is 5.11 Å². The highest BCUT2D eigenvalue weighted by molar-refractivity contribution is 8.01. The number of anilines is 1. The van der Waals surface area contributed by atoms with Gasteiger partial charge in [0.1, 0.15) is 0 Å². The first-order valence-electron chi connectivity index (χ1n) is 7.32. The van der Waals surface area contributed by atoms with Gasteiger partial charge in [0.25, 0.3) is 0 Å². The first-order chi connectivity index (χ1) is 10.1. The predicted molar refractivity (Wildman–Crippen MR) is 87.3 cm³/mol. The maximum absolute atomic E-state index is 10.2. The summed E-state index contributed by atoms with van der Waals surface area (Å²) in [4.78, 5) is 2.27. The minimum Gasteiger partial charge on any atom is -0.391 e. The van der Waals surface area contributed by atoms with Crippen molar-refractivity contribution >= 4 is 28.2 Å². The van der Waals surface area contributed by atoms with E-state index in [1.54, 1.807) is 11.8 Å². The third-order valence-electron chi connectivity index (χ3n) is 3.10. The lowest BCUT2D eigenvalue weighted by Crippen LogP contribution is -2.48. The third-order valence-corrected chi connectivity index (χ3v) is 5.26. The zero-order valence-corrected chi connectivity index (χ0v) is 14.4. The number of thioether (sulfide) groups is 1. The number of rotatable bonds is 7. The number of aliphatic hydroxyl groups is 1. The summed E-state index contributed by atoms with van der Waals surface area (Å²) in [5, 5.41) is 22.3. The molecule has 6 nitrogen and oxygen atoms in total. The Hall–Kier alpha value is -0.410. The molecule has 1 fully saturated rings. The summed E-state index contributed by atoms with van der Waals surface area (Å²) < 4.78 is 6.60. The number of aromatic nitrogens is 2. The van der Waals surface area contributed by atoms with E-state index in [1.165, 1.54) is 11.3 Å². The van der Waals surface area contributed by atoms with E-state index in [4.69, 9.17) is 4.74 Å². The molecule has 0 spiro atoms. The molecule has 0 aliphatic carbocycles. The average Bonchev–Trinajstić information content (AvgIpc) is 2.83. The van der Waals surface area contributed by atoms with Crippen LogP contribution in [0.1, 0.15) is 20.8 Å². The van der Waals surface area contributed by atoms with Crippen molar-refractivity contribution in [3.63, 3.8) is 0 Å². The molecule has 0 amide bonds. The number of ether oxygens (including phenoxy) is 1. The lowest BCUT2D eigenvalue weighted by Gasteiger charge is -2.36. The Bertz CT molecular complexity index is 422. The molecule has 2 N–H and O–H groups in total. The Kier molecular flexibility index (Phi) is 6.69. The number of hydrogen-bond acceptors (Lipinski definition) is 8. The molecule has 21 heavy (non-hydrogen) atoms. The van der Waals surface area contributed by atoms with Gasteiger partial charge in [0.2, 0.25) is 5.13 Å². The fraction of sp³-hybridized carbons (Fsp3) is 0.846. The first kappa shape index (κ1) is 17.0. The van der Waals surface area contributed by atoms with Crippen LogP contribution in [0.4, 0.5) is 5.13 Å². The van der Waals surface area contributed by atoms with Gasteiger partial charge >= 0.3 is 0 Å². The summed E-state index contributed by atoms with van der Waals surface area (Å²) in [7, 11) is 0. The second-order valence-corrected chi connectivity index (χ2v) is 7.59. The molecule has 0 radical (unpaired) electrons. The van der Waals surface area contributed by atoms with Crippen molar-refractivity contribution in [1.29, 1.82) is 0 Å². The fourth-order valence-electron chi connectivity index (χ4n) is 2.44. The van der Waals surface area contributed by atoms with Gasteiger partial charge in [-0.2, -0.15) is 0 Å². The van der Waals surface area contributed by atoms with Crippen LogP contribution in [0.3, 0.4) is 0 Å². The normalized spacial score (nSPS) is 25.0. The first-order valence-corrected chi connectivity index (χ1v) is 9.13. The van der Waals surface area contributed by atoms with Crippen LogP contribution in [0.25, 0.3) is 0 Å². The Morgan fingerprint density at radius 3 is 2.81 bits per heavy atom. The number of morpholine rings is 1. The standard InChI is InChI=1S/C13H24N4O2S2/c1-4-14-12-15-16-13(21-12)20-8-11(18)7-17-5-9(2)19-10(3)6-17/h9-11,18H,4-8H2,1-3H3,(H,14,15)/t9-,10-,11-/m1/s1. The molecule has 0 aromatic carbocycles. The zero-order valence-electron chi connectivity index (χ0n) is 12.8. The Morgan fingerprint density at radius 2 is 2.14 bits per heavy atom. The van der Waals surface area contributed by atoms with E-state index in [0.717, 1.165) is 29.1 Å². The van der Waals surface area contributed by atoms with Crippen molar-refractivity contribution in [1.82, 2.24) is 15.1 Å². The molecular weight excluding hydrogens is 308 g/mol. The SMILES string of the molecule is CCNc1nnc(SC[C@H](O)CN2C[C@@H](C)O[C@H](C)C2)s1. The molecule has 3 atom stereocenters. The highest BCUT2D eigenvalue weighted by Gasteiger charge is 2.23. The van der Waals surface area contributed by atoms with Crippen LogP contribution in [0.5, 0.6) is 0 Å². The van der Waals surface area contributed by atoms with Crippen molar-refractivity contribution in [2.75, 3.05) is 37.2 Å². The Labute approximate surface area is 134 Å². The van der Waals surface area contributed by atoms with Crippen molar-refractivity contribution in [2.24, 2.45) is 0 Å². The average molecular weight is 332 g/mol. The van der Waals surface area contributed by atoms with E-state index in [-0.39, 0.29) is 18.3 Å². The van der Waals surface area contributed by atoms with Gasteiger partial charge in [-0.15, -0.1) is 10.2 Å². The van der Waals surface area contributed by atoms with Gasteiger partial charge in [0.15, 0.2) is 4.34 Å². The van der Waals surface area contributed by atoms with Crippen molar-refractivity contribution in [3.05, 3.63) is 0 Å². The van der Waals surface area contributed by atoms with Crippen molar-refractivity contribution < 1.29 is 9.84 Å². The van der Waals surface area contributed by atoms with Crippen LogP contribution in [0.2, 0.25) is 0 Å². The van der Waals surface area contributed by atoms with Gasteiger partial charge < -0.3 is 15.2 Å². The zero-order chi connectivity index (χ0) is 15.2. The van der Waals surface area contributed by atoms with Crippen molar-refractivity contribution in [3.8, 4) is 0 Å². The Morgan fingerprint density at radius 1 is 1.43 bits per heavy atom. The second kappa shape index (κ2) is 8.28. The predicted octanol–water partition coefficient (Wildman–Crippen LogP) is 1.53. The van der Waals surface area contributed by atoms with E-state index in [2.05, 4.69) is 34.3 Å². The molecule has 2 rings (SSSR count). The van der Waals surface area contributed by atoms with E-state index in [0.29, 0.717) is 12.3 Å². The minimum atomic E-state index is -0.362. The summed E-state index contributed by atoms with van der Waals surface area (Å²) in [5.41, 5.74) is 0. The highest BCUT2D eigenvalue weighted by atomic mass is 32.2. The summed E-state index contributed by atoms with van der Waals surface area (Å²) in [6.45, 7) is 9.48. The fourth-order valence-corrected chi connectivity index (χ4v) is 4.20. The van der Waals surface area contributed by atoms with E-state index in [1.807, 2.05) is 6.92 Å². The summed E-state index contributed by atoms with van der Waals surface area (Å²) in [6.07, 6.45) is 0.109. The third kappa shape index (κ3) is 5.71. The van der Waals surface area contributed by atoms with Gasteiger partial charge in [-0.05, 0) is 20.8 Å². The van der Waals surface area contributed by atoms with Gasteiger partial charge in [0.05, 0.1) is 18.3 Å². The number of nitrogens with one attached hydrogen (secondary N) is 1. The number of hydrogen-bond donors (Lipinski definition) is 2.